The molecule has 0 aliphatic rings. The number of hydrogen-bond acceptors (Lipinski definition) is 3. The third-order valence-corrected chi connectivity index (χ3v) is 3.31. The van der Waals surface area contributed by atoms with Gasteiger partial charge in [-0.3, -0.25) is 4.79 Å². The molecule has 1 aromatic heterocycles. The van der Waals surface area contributed by atoms with Crippen molar-refractivity contribution in [1.29, 1.82) is 0 Å². The summed E-state index contributed by atoms with van der Waals surface area (Å²) in [5.41, 5.74) is 2.66. The Morgan fingerprint density at radius 2 is 2.10 bits per heavy atom. The predicted octanol–water partition coefficient (Wildman–Crippen LogP) is 2.80. The number of nitrogens with one attached hydrogen (secondary N) is 3. The topological polar surface area (TPSA) is 69.8 Å². The Labute approximate surface area is 125 Å². The molecule has 0 saturated carbocycles. The molecule has 114 valence electrons. The van der Waals surface area contributed by atoms with Crippen molar-refractivity contribution >= 4 is 22.6 Å². The number of rotatable bonds is 5. The maximum atomic E-state index is 11.8. The highest BCUT2D eigenvalue weighted by Gasteiger charge is 2.18. The Morgan fingerprint density at radius 3 is 2.76 bits per heavy atom. The number of carbonyl (C=O) groups is 1. The van der Waals surface area contributed by atoms with Gasteiger partial charge in [0.25, 0.3) is 0 Å². The summed E-state index contributed by atoms with van der Waals surface area (Å²) in [5.74, 6) is 0.996. The zero-order valence-electron chi connectivity index (χ0n) is 13.2. The molecule has 0 bridgehead atoms. The number of anilines is 1. The number of H-pyrrole nitrogens is 1. The molecule has 0 unspecified atom stereocenters. The first-order valence-corrected chi connectivity index (χ1v) is 7.35. The maximum Gasteiger partial charge on any atom is 0.224 e. The van der Waals surface area contributed by atoms with E-state index < -0.39 is 0 Å². The first kappa shape index (κ1) is 15.5. The van der Waals surface area contributed by atoms with E-state index in [0.29, 0.717) is 6.42 Å². The third-order valence-electron chi connectivity index (χ3n) is 3.31. The standard InChI is InChI=1S/C16H24N4O/c1-16(2,3)15-19-12-8-7-11(10-13(12)20-15)18-14(21)6-5-9-17-4/h7-8,10,17H,5-6,9H2,1-4H3,(H,18,21)(H,19,20). The minimum Gasteiger partial charge on any atom is -0.341 e. The molecule has 21 heavy (non-hydrogen) atoms. The van der Waals surface area contributed by atoms with Crippen LogP contribution in [0.15, 0.2) is 18.2 Å². The zero-order chi connectivity index (χ0) is 15.5. The molecule has 0 aliphatic heterocycles. The molecule has 0 fully saturated rings. The van der Waals surface area contributed by atoms with Gasteiger partial charge in [-0.05, 0) is 38.2 Å². The summed E-state index contributed by atoms with van der Waals surface area (Å²) in [6, 6.07) is 5.77. The molecular weight excluding hydrogens is 264 g/mol. The summed E-state index contributed by atoms with van der Waals surface area (Å²) in [6.07, 6.45) is 1.36. The number of carbonyl (C=O) groups excluding carboxylic acids is 1. The van der Waals surface area contributed by atoms with Gasteiger partial charge in [0.15, 0.2) is 0 Å². The molecule has 0 atom stereocenters. The first-order valence-electron chi connectivity index (χ1n) is 7.35. The predicted molar refractivity (Wildman–Crippen MR) is 86.6 cm³/mol. The van der Waals surface area contributed by atoms with E-state index in [9.17, 15) is 4.79 Å². The van der Waals surface area contributed by atoms with Crippen molar-refractivity contribution < 1.29 is 4.79 Å². The Kier molecular flexibility index (Phi) is 4.63. The Hall–Kier alpha value is -1.88. The number of imidazole rings is 1. The highest BCUT2D eigenvalue weighted by atomic mass is 16.1. The molecule has 1 amide bonds. The van der Waals surface area contributed by atoms with Crippen LogP contribution in [0.3, 0.4) is 0 Å². The van der Waals surface area contributed by atoms with Crippen LogP contribution in [0.25, 0.3) is 11.0 Å². The fourth-order valence-corrected chi connectivity index (χ4v) is 2.09. The summed E-state index contributed by atoms with van der Waals surface area (Å²) in [5, 5.41) is 5.96. The number of amides is 1. The average molecular weight is 288 g/mol. The van der Waals surface area contributed by atoms with E-state index in [1.54, 1.807) is 0 Å². The maximum absolute atomic E-state index is 11.8. The lowest BCUT2D eigenvalue weighted by atomic mass is 9.96. The van der Waals surface area contributed by atoms with Crippen molar-refractivity contribution in [2.75, 3.05) is 18.9 Å². The Bertz CT molecular complexity index is 625. The van der Waals surface area contributed by atoms with Gasteiger partial charge in [0.2, 0.25) is 5.91 Å². The lowest BCUT2D eigenvalue weighted by molar-refractivity contribution is -0.116. The van der Waals surface area contributed by atoms with Gasteiger partial charge < -0.3 is 15.6 Å². The average Bonchev–Trinajstić information content (AvgIpc) is 2.82. The van der Waals surface area contributed by atoms with E-state index in [1.165, 1.54) is 0 Å². The minimum absolute atomic E-state index is 0.0183. The monoisotopic (exact) mass is 288 g/mol. The van der Waals surface area contributed by atoms with Crippen LogP contribution >= 0.6 is 0 Å². The van der Waals surface area contributed by atoms with Crippen molar-refractivity contribution in [3.8, 4) is 0 Å². The van der Waals surface area contributed by atoms with Crippen LogP contribution in [0, 0.1) is 0 Å². The first-order chi connectivity index (χ1) is 9.90. The molecule has 0 aliphatic carbocycles. The third kappa shape index (κ3) is 4.04. The highest BCUT2D eigenvalue weighted by Crippen LogP contribution is 2.24. The van der Waals surface area contributed by atoms with Crippen LogP contribution in [-0.4, -0.2) is 29.5 Å². The molecule has 1 aromatic carbocycles. The van der Waals surface area contributed by atoms with Gasteiger partial charge in [-0.15, -0.1) is 0 Å². The fraction of sp³-hybridized carbons (Fsp3) is 0.500. The van der Waals surface area contributed by atoms with Crippen molar-refractivity contribution in [2.45, 2.75) is 39.0 Å². The molecule has 1 heterocycles. The zero-order valence-corrected chi connectivity index (χ0v) is 13.2. The van der Waals surface area contributed by atoms with E-state index in [-0.39, 0.29) is 11.3 Å². The van der Waals surface area contributed by atoms with Crippen LogP contribution in [0.5, 0.6) is 0 Å². The molecule has 2 aromatic rings. The van der Waals surface area contributed by atoms with E-state index in [1.807, 2.05) is 25.2 Å². The number of aromatic nitrogens is 2. The van der Waals surface area contributed by atoms with E-state index >= 15 is 0 Å². The summed E-state index contributed by atoms with van der Waals surface area (Å²) in [4.78, 5) is 19.7. The summed E-state index contributed by atoms with van der Waals surface area (Å²) in [7, 11) is 1.89. The lowest BCUT2D eigenvalue weighted by Crippen LogP contribution is -2.15. The van der Waals surface area contributed by atoms with Gasteiger partial charge in [-0.2, -0.15) is 0 Å². The second-order valence-corrected chi connectivity index (χ2v) is 6.32. The van der Waals surface area contributed by atoms with Gasteiger partial charge in [-0.25, -0.2) is 4.98 Å². The lowest BCUT2D eigenvalue weighted by Gasteiger charge is -2.13. The second kappa shape index (κ2) is 6.26. The van der Waals surface area contributed by atoms with Gasteiger partial charge in [0, 0.05) is 17.5 Å². The molecule has 5 heteroatoms. The molecule has 0 radical (unpaired) electrons. The number of hydrogen-bond donors (Lipinski definition) is 3. The second-order valence-electron chi connectivity index (χ2n) is 6.32. The van der Waals surface area contributed by atoms with Crippen LogP contribution < -0.4 is 10.6 Å². The Morgan fingerprint density at radius 1 is 1.33 bits per heavy atom. The van der Waals surface area contributed by atoms with Crippen molar-refractivity contribution in [3.05, 3.63) is 24.0 Å². The van der Waals surface area contributed by atoms with Crippen LogP contribution in [0.2, 0.25) is 0 Å². The van der Waals surface area contributed by atoms with Crippen molar-refractivity contribution in [2.24, 2.45) is 0 Å². The van der Waals surface area contributed by atoms with E-state index in [0.717, 1.165) is 35.5 Å². The normalized spacial score (nSPS) is 11.8. The molecule has 5 nitrogen and oxygen atoms in total. The van der Waals surface area contributed by atoms with Gasteiger partial charge in [-0.1, -0.05) is 20.8 Å². The number of nitrogens with zero attached hydrogens (tertiary/aromatic N) is 1. The molecule has 0 spiro atoms. The molecular formula is C16H24N4O. The molecule has 0 saturated heterocycles. The SMILES string of the molecule is CNCCCC(=O)Nc1ccc2nc(C(C)(C)C)[nH]c2c1. The molecule has 2 rings (SSSR count). The fourth-order valence-electron chi connectivity index (χ4n) is 2.09. The highest BCUT2D eigenvalue weighted by molar-refractivity contribution is 5.93. The van der Waals surface area contributed by atoms with Gasteiger partial charge in [0.05, 0.1) is 11.0 Å². The molecule has 3 N–H and O–H groups in total. The smallest absolute Gasteiger partial charge is 0.224 e. The summed E-state index contributed by atoms with van der Waals surface area (Å²) >= 11 is 0. The van der Waals surface area contributed by atoms with Gasteiger partial charge >= 0.3 is 0 Å². The quantitative estimate of drug-likeness (QED) is 0.741. The Balaban J connectivity index is 2.10. The van der Waals surface area contributed by atoms with Crippen LogP contribution in [-0.2, 0) is 10.2 Å². The van der Waals surface area contributed by atoms with Crippen LogP contribution in [0.1, 0.15) is 39.4 Å². The van der Waals surface area contributed by atoms with Crippen molar-refractivity contribution in [1.82, 2.24) is 15.3 Å². The number of benzene rings is 1. The summed E-state index contributed by atoms with van der Waals surface area (Å²) in [6.45, 7) is 7.21. The van der Waals surface area contributed by atoms with Crippen molar-refractivity contribution in [3.63, 3.8) is 0 Å². The minimum atomic E-state index is -0.0183. The summed E-state index contributed by atoms with van der Waals surface area (Å²) < 4.78 is 0. The number of fused-ring (bicyclic) bond motifs is 1. The largest absolute Gasteiger partial charge is 0.341 e. The van der Waals surface area contributed by atoms with Crippen LogP contribution in [0.4, 0.5) is 5.69 Å². The number of aromatic amines is 1. The van der Waals surface area contributed by atoms with E-state index in [2.05, 4.69) is 41.4 Å². The van der Waals surface area contributed by atoms with E-state index in [4.69, 9.17) is 0 Å². The van der Waals surface area contributed by atoms with Gasteiger partial charge in [0.1, 0.15) is 5.82 Å².